The summed E-state index contributed by atoms with van der Waals surface area (Å²) < 4.78 is 5.83. The number of halogens is 1. The molecule has 7 heteroatoms. The van der Waals surface area contributed by atoms with Gasteiger partial charge in [0, 0.05) is 30.4 Å². The number of alkyl halides is 1. The van der Waals surface area contributed by atoms with Crippen LogP contribution in [-0.4, -0.2) is 52.5 Å². The third-order valence-electron chi connectivity index (χ3n) is 3.27. The van der Waals surface area contributed by atoms with Crippen molar-refractivity contribution in [3.05, 3.63) is 17.5 Å². The second-order valence-corrected chi connectivity index (χ2v) is 5.56. The molecule has 1 unspecified atom stereocenters. The van der Waals surface area contributed by atoms with Gasteiger partial charge in [-0.1, -0.05) is 0 Å². The molecule has 1 N–H and O–H groups in total. The lowest BCUT2D eigenvalue weighted by Crippen LogP contribution is -2.49. The number of rotatable bonds is 4. The van der Waals surface area contributed by atoms with E-state index in [1.165, 1.54) is 0 Å². The Morgan fingerprint density at radius 2 is 2.19 bits per heavy atom. The summed E-state index contributed by atoms with van der Waals surface area (Å²) in [7, 11) is 0. The minimum absolute atomic E-state index is 0.0679. The van der Waals surface area contributed by atoms with Crippen LogP contribution in [0.2, 0.25) is 0 Å². The molecule has 0 aromatic carbocycles. The van der Waals surface area contributed by atoms with Gasteiger partial charge in [0.05, 0.1) is 6.54 Å². The third kappa shape index (κ3) is 4.74. The molecule has 0 spiro atoms. The summed E-state index contributed by atoms with van der Waals surface area (Å²) in [4.78, 5) is 22.2. The molecule has 1 aromatic rings. The molecule has 1 fully saturated rings. The van der Waals surface area contributed by atoms with Gasteiger partial charge >= 0.3 is 12.0 Å². The molecule has 2 heterocycles. The maximum atomic E-state index is 11.9. The first-order chi connectivity index (χ1) is 10.1. The van der Waals surface area contributed by atoms with Gasteiger partial charge in [0.25, 0.3) is 0 Å². The quantitative estimate of drug-likeness (QED) is 0.862. The van der Waals surface area contributed by atoms with Gasteiger partial charge in [0.1, 0.15) is 6.10 Å². The van der Waals surface area contributed by atoms with Crippen molar-refractivity contribution in [1.82, 2.24) is 20.2 Å². The molecule has 2 amide bonds. The number of hydrogen-bond donors (Lipinski definition) is 1. The van der Waals surface area contributed by atoms with E-state index in [0.717, 1.165) is 30.8 Å². The van der Waals surface area contributed by atoms with Crippen molar-refractivity contribution in [1.29, 1.82) is 0 Å². The summed E-state index contributed by atoms with van der Waals surface area (Å²) in [6.45, 7) is 5.58. The molecule has 0 saturated carbocycles. The topological polar surface area (TPSA) is 67.3 Å². The Bertz CT molecular complexity index is 478. The number of carbonyl (C=O) groups is 1. The fourth-order valence-corrected chi connectivity index (χ4v) is 2.47. The van der Waals surface area contributed by atoms with E-state index in [1.54, 1.807) is 4.90 Å². The van der Waals surface area contributed by atoms with Crippen LogP contribution in [0.5, 0.6) is 6.01 Å². The molecule has 2 rings (SSSR count). The normalized spacial score (nSPS) is 18.4. The smallest absolute Gasteiger partial charge is 0.317 e. The van der Waals surface area contributed by atoms with Crippen molar-refractivity contribution in [2.75, 3.05) is 25.5 Å². The Labute approximate surface area is 129 Å². The Kier molecular flexibility index (Phi) is 5.61. The number of aromatic nitrogens is 2. The van der Waals surface area contributed by atoms with Crippen molar-refractivity contribution in [3.63, 3.8) is 0 Å². The van der Waals surface area contributed by atoms with Gasteiger partial charge in [0.15, 0.2) is 0 Å². The first-order valence-electron chi connectivity index (χ1n) is 7.16. The number of likely N-dealkylation sites (tertiary alicyclic amines) is 1. The van der Waals surface area contributed by atoms with Gasteiger partial charge in [-0.05, 0) is 32.8 Å². The fraction of sp³-hybridized carbons (Fsp3) is 0.643. The van der Waals surface area contributed by atoms with Crippen molar-refractivity contribution in [2.45, 2.75) is 32.8 Å². The van der Waals surface area contributed by atoms with Gasteiger partial charge in [-0.25, -0.2) is 14.8 Å². The van der Waals surface area contributed by atoms with E-state index >= 15 is 0 Å². The lowest BCUT2D eigenvalue weighted by molar-refractivity contribution is 0.0938. The Hall–Kier alpha value is -1.56. The third-order valence-corrected chi connectivity index (χ3v) is 3.46. The molecule has 1 aromatic heterocycles. The average Bonchev–Trinajstić information content (AvgIpc) is 2.44. The van der Waals surface area contributed by atoms with E-state index in [9.17, 15) is 4.79 Å². The highest BCUT2D eigenvalue weighted by molar-refractivity contribution is 6.18. The van der Waals surface area contributed by atoms with Crippen molar-refractivity contribution >= 4 is 17.6 Å². The first-order valence-corrected chi connectivity index (χ1v) is 7.69. The average molecular weight is 313 g/mol. The minimum atomic E-state index is -0.0923. The predicted molar refractivity (Wildman–Crippen MR) is 80.8 cm³/mol. The lowest BCUT2D eigenvalue weighted by atomic mass is 10.1. The Morgan fingerprint density at radius 3 is 2.86 bits per heavy atom. The molecule has 1 atom stereocenters. The van der Waals surface area contributed by atoms with Gasteiger partial charge in [-0.2, -0.15) is 0 Å². The number of amides is 2. The number of carbonyl (C=O) groups excluding carboxylic acids is 1. The number of ether oxygens (including phenoxy) is 1. The van der Waals surface area contributed by atoms with Gasteiger partial charge in [-0.15, -0.1) is 11.6 Å². The largest absolute Gasteiger partial charge is 0.458 e. The second-order valence-electron chi connectivity index (χ2n) is 5.18. The molecule has 1 aliphatic rings. The van der Waals surface area contributed by atoms with Crippen LogP contribution in [0.25, 0.3) is 0 Å². The summed E-state index contributed by atoms with van der Waals surface area (Å²) in [5, 5.41) is 2.77. The van der Waals surface area contributed by atoms with Crippen LogP contribution in [0.15, 0.2) is 6.07 Å². The monoisotopic (exact) mass is 312 g/mol. The van der Waals surface area contributed by atoms with E-state index in [0.29, 0.717) is 25.0 Å². The van der Waals surface area contributed by atoms with E-state index in [2.05, 4.69) is 15.3 Å². The van der Waals surface area contributed by atoms with Crippen LogP contribution in [0, 0.1) is 13.8 Å². The molecule has 116 valence electrons. The maximum Gasteiger partial charge on any atom is 0.317 e. The zero-order chi connectivity index (χ0) is 15.2. The van der Waals surface area contributed by atoms with Crippen LogP contribution < -0.4 is 10.1 Å². The Balaban J connectivity index is 1.93. The maximum absolute atomic E-state index is 11.9. The standard InChI is InChI=1S/C14H21ClN4O2/c1-10-8-11(2)18-13(17-10)21-12-4-3-7-19(9-12)14(20)16-6-5-15/h8,12H,3-7,9H2,1-2H3,(H,16,20). The van der Waals surface area contributed by atoms with Crippen LogP contribution in [0.4, 0.5) is 4.79 Å². The molecule has 0 radical (unpaired) electrons. The van der Waals surface area contributed by atoms with Crippen LogP contribution in [-0.2, 0) is 0 Å². The number of aryl methyl sites for hydroxylation is 2. The summed E-state index contributed by atoms with van der Waals surface area (Å²) in [5.41, 5.74) is 1.76. The van der Waals surface area contributed by atoms with Crippen molar-refractivity contribution < 1.29 is 9.53 Å². The lowest BCUT2D eigenvalue weighted by Gasteiger charge is -2.32. The highest BCUT2D eigenvalue weighted by Crippen LogP contribution is 2.16. The van der Waals surface area contributed by atoms with E-state index in [-0.39, 0.29) is 12.1 Å². The van der Waals surface area contributed by atoms with Crippen LogP contribution in [0.3, 0.4) is 0 Å². The molecular weight excluding hydrogens is 292 g/mol. The Morgan fingerprint density at radius 1 is 1.48 bits per heavy atom. The zero-order valence-electron chi connectivity index (χ0n) is 12.4. The number of nitrogens with zero attached hydrogens (tertiary/aromatic N) is 3. The predicted octanol–water partition coefficient (Wildman–Crippen LogP) is 1.89. The second kappa shape index (κ2) is 7.45. The zero-order valence-corrected chi connectivity index (χ0v) is 13.2. The summed E-state index contributed by atoms with van der Waals surface area (Å²) >= 11 is 5.58. The minimum Gasteiger partial charge on any atom is -0.458 e. The van der Waals surface area contributed by atoms with E-state index < -0.39 is 0 Å². The molecule has 21 heavy (non-hydrogen) atoms. The first kappa shape index (κ1) is 15.8. The molecule has 1 aliphatic heterocycles. The number of urea groups is 1. The van der Waals surface area contributed by atoms with Crippen molar-refractivity contribution in [2.24, 2.45) is 0 Å². The van der Waals surface area contributed by atoms with Gasteiger partial charge in [-0.3, -0.25) is 0 Å². The molecule has 0 aliphatic carbocycles. The molecular formula is C14H21ClN4O2. The molecule has 6 nitrogen and oxygen atoms in total. The van der Waals surface area contributed by atoms with Gasteiger partial charge < -0.3 is 15.0 Å². The SMILES string of the molecule is Cc1cc(C)nc(OC2CCCN(C(=O)NCCCl)C2)n1. The number of piperidine rings is 1. The van der Waals surface area contributed by atoms with Crippen LogP contribution in [0.1, 0.15) is 24.2 Å². The fourth-order valence-electron chi connectivity index (χ4n) is 2.38. The summed E-state index contributed by atoms with van der Waals surface area (Å²) in [5.74, 6) is 0.413. The number of nitrogens with one attached hydrogen (secondary N) is 1. The van der Waals surface area contributed by atoms with Gasteiger partial charge in [0.2, 0.25) is 0 Å². The van der Waals surface area contributed by atoms with E-state index in [1.807, 2.05) is 19.9 Å². The summed E-state index contributed by atoms with van der Waals surface area (Å²) in [6.07, 6.45) is 1.74. The number of hydrogen-bond acceptors (Lipinski definition) is 4. The molecule has 1 saturated heterocycles. The molecule has 0 bridgehead atoms. The highest BCUT2D eigenvalue weighted by Gasteiger charge is 2.25. The van der Waals surface area contributed by atoms with Crippen LogP contribution >= 0.6 is 11.6 Å². The van der Waals surface area contributed by atoms with Crippen molar-refractivity contribution in [3.8, 4) is 6.01 Å². The van der Waals surface area contributed by atoms with E-state index in [4.69, 9.17) is 16.3 Å². The highest BCUT2D eigenvalue weighted by atomic mass is 35.5. The summed E-state index contributed by atoms with van der Waals surface area (Å²) in [6, 6.07) is 2.20.